The molecule has 0 heterocycles. The second kappa shape index (κ2) is 30.6. The van der Waals surface area contributed by atoms with E-state index in [0.29, 0.717) is 24.3 Å². The first kappa shape index (κ1) is 45.3. The van der Waals surface area contributed by atoms with Gasteiger partial charge in [-0.25, -0.2) is 4.57 Å². The number of phosphoric acid groups is 1. The van der Waals surface area contributed by atoms with E-state index in [9.17, 15) is 14.2 Å². The zero-order valence-electron chi connectivity index (χ0n) is 32.4. The molecule has 0 aliphatic heterocycles. The molecule has 0 unspecified atom stereocenters. The molecule has 8 nitrogen and oxygen atoms in total. The lowest BCUT2D eigenvalue weighted by atomic mass is 10.1. The summed E-state index contributed by atoms with van der Waals surface area (Å²) in [6.45, 7) is 3.93. The van der Waals surface area contributed by atoms with Gasteiger partial charge in [-0.3, -0.25) is 14.1 Å². The Morgan fingerprint density at radius 1 is 0.500 bits per heavy atom. The van der Waals surface area contributed by atoms with Crippen molar-refractivity contribution in [3.8, 4) is 11.5 Å². The number of hydrogen-bond donors (Lipinski definition) is 0. The molecule has 2 rings (SSSR count). The van der Waals surface area contributed by atoms with Crippen molar-refractivity contribution in [3.05, 3.63) is 60.7 Å². The lowest BCUT2D eigenvalue weighted by molar-refractivity contribution is -0.161. The number of carbonyl (C=O) groups excluding carboxylic acids is 2. The van der Waals surface area contributed by atoms with Crippen LogP contribution in [-0.2, 0) is 28.2 Å². The average Bonchev–Trinajstić information content (AvgIpc) is 3.14. The Morgan fingerprint density at radius 3 is 1.27 bits per heavy atom. The number of carbonyl (C=O) groups is 2. The Labute approximate surface area is 315 Å². The van der Waals surface area contributed by atoms with Crippen molar-refractivity contribution in [2.45, 2.75) is 174 Å². The second-order valence-corrected chi connectivity index (χ2v) is 15.4. The van der Waals surface area contributed by atoms with E-state index in [2.05, 4.69) is 13.8 Å². The van der Waals surface area contributed by atoms with Crippen LogP contribution in [0.5, 0.6) is 11.5 Å². The Kier molecular flexibility index (Phi) is 26.7. The number of unbranched alkanes of at least 4 members (excludes halogenated alkanes) is 20. The number of rotatable bonds is 34. The fourth-order valence-electron chi connectivity index (χ4n) is 5.95. The number of hydrogen-bond acceptors (Lipinski definition) is 8. The van der Waals surface area contributed by atoms with E-state index >= 15 is 0 Å². The van der Waals surface area contributed by atoms with Gasteiger partial charge in [0.25, 0.3) is 0 Å². The van der Waals surface area contributed by atoms with Crippen LogP contribution in [0.15, 0.2) is 60.7 Å². The molecule has 0 radical (unpaired) electrons. The normalized spacial score (nSPS) is 12.0. The molecule has 294 valence electrons. The first-order valence-electron chi connectivity index (χ1n) is 20.5. The lowest BCUT2D eigenvalue weighted by Crippen LogP contribution is -2.30. The van der Waals surface area contributed by atoms with Gasteiger partial charge < -0.3 is 18.5 Å². The number of phosphoric ester groups is 1. The molecule has 0 saturated carbocycles. The highest BCUT2D eigenvalue weighted by Gasteiger charge is 2.33. The molecule has 0 fully saturated rings. The molecule has 0 aromatic heterocycles. The molecule has 2 aromatic carbocycles. The van der Waals surface area contributed by atoms with E-state index in [4.69, 9.17) is 23.0 Å². The van der Waals surface area contributed by atoms with Gasteiger partial charge >= 0.3 is 19.8 Å². The van der Waals surface area contributed by atoms with Gasteiger partial charge in [-0.05, 0) is 37.1 Å². The highest BCUT2D eigenvalue weighted by Crippen LogP contribution is 2.49. The molecule has 1 atom stereocenters. The summed E-state index contributed by atoms with van der Waals surface area (Å²) >= 11 is 0. The number of benzene rings is 2. The van der Waals surface area contributed by atoms with Crippen molar-refractivity contribution < 1.29 is 37.2 Å². The number of esters is 2. The fraction of sp³-hybridized carbons (Fsp3) is 0.674. The lowest BCUT2D eigenvalue weighted by Gasteiger charge is -2.22. The van der Waals surface area contributed by atoms with Crippen LogP contribution in [0, 0.1) is 0 Å². The quantitative estimate of drug-likeness (QED) is 0.0397. The van der Waals surface area contributed by atoms with Gasteiger partial charge in [0.1, 0.15) is 24.7 Å². The number of ether oxygens (including phenoxy) is 2. The molecule has 9 heteroatoms. The Morgan fingerprint density at radius 2 is 0.865 bits per heavy atom. The molecule has 0 aliphatic carbocycles. The van der Waals surface area contributed by atoms with Gasteiger partial charge in [0, 0.05) is 12.8 Å². The third-order valence-electron chi connectivity index (χ3n) is 9.04. The monoisotopic (exact) mass is 744 g/mol. The van der Waals surface area contributed by atoms with Gasteiger partial charge in [0.15, 0.2) is 6.10 Å². The third-order valence-corrected chi connectivity index (χ3v) is 10.4. The topological polar surface area (TPSA) is 97.4 Å². The van der Waals surface area contributed by atoms with Gasteiger partial charge in [-0.1, -0.05) is 179 Å². The molecule has 0 bridgehead atoms. The fourth-order valence-corrected chi connectivity index (χ4v) is 7.20. The summed E-state index contributed by atoms with van der Waals surface area (Å²) < 4.78 is 42.3. The Bertz CT molecular complexity index is 1150. The second-order valence-electron chi connectivity index (χ2n) is 13.9. The van der Waals surface area contributed by atoms with Gasteiger partial charge in [-0.15, -0.1) is 0 Å². The van der Waals surface area contributed by atoms with E-state index in [1.807, 2.05) is 12.1 Å². The minimum Gasteiger partial charge on any atom is -0.462 e. The van der Waals surface area contributed by atoms with Crippen molar-refractivity contribution in [3.63, 3.8) is 0 Å². The van der Waals surface area contributed by atoms with E-state index in [1.165, 1.54) is 103 Å². The average molecular weight is 745 g/mol. The van der Waals surface area contributed by atoms with Crippen molar-refractivity contribution >= 4 is 19.8 Å². The molecule has 0 amide bonds. The largest absolute Gasteiger partial charge is 0.587 e. The van der Waals surface area contributed by atoms with Crippen molar-refractivity contribution in [2.75, 3.05) is 13.2 Å². The number of para-hydroxylation sites is 2. The minimum absolute atomic E-state index is 0.211. The predicted molar refractivity (Wildman–Crippen MR) is 211 cm³/mol. The first-order chi connectivity index (χ1) is 25.4. The predicted octanol–water partition coefficient (Wildman–Crippen LogP) is 13.1. The maximum Gasteiger partial charge on any atom is 0.587 e. The van der Waals surface area contributed by atoms with E-state index < -0.39 is 19.9 Å². The summed E-state index contributed by atoms with van der Waals surface area (Å²) in [7, 11) is -4.23. The van der Waals surface area contributed by atoms with Crippen LogP contribution in [-0.4, -0.2) is 31.3 Å². The summed E-state index contributed by atoms with van der Waals surface area (Å²) in [6.07, 6.45) is 25.7. The summed E-state index contributed by atoms with van der Waals surface area (Å²) in [5, 5.41) is 0. The standard InChI is InChI=1S/C43H69O8P/c1-3-5-7-9-11-13-15-17-19-21-29-35-42(44)47-37-41(49-43(45)36-30-22-20-18-16-14-12-10-8-6-4-2)38-48-52(46,50-39-31-25-23-26-32-39)51-40-33-27-24-28-34-40/h23-28,31-34,41H,3-22,29-30,35-38H2,1-2H3/t41-/m1/s1. The SMILES string of the molecule is CCCCCCCCCCCCCC(=O)OC[C@H](COP(=O)(Oc1ccccc1)Oc1ccccc1)OC(=O)CCCCCCCCCCCCC. The molecule has 0 spiro atoms. The van der Waals surface area contributed by atoms with E-state index in [-0.39, 0.29) is 25.6 Å². The summed E-state index contributed by atoms with van der Waals surface area (Å²) in [5.74, 6) is -0.171. The van der Waals surface area contributed by atoms with Gasteiger partial charge in [0.05, 0.1) is 0 Å². The summed E-state index contributed by atoms with van der Waals surface area (Å²) in [5.41, 5.74) is 0. The van der Waals surface area contributed by atoms with Crippen molar-refractivity contribution in [1.82, 2.24) is 0 Å². The summed E-state index contributed by atoms with van der Waals surface area (Å²) in [6, 6.07) is 17.2. The Balaban J connectivity index is 1.84. The highest BCUT2D eigenvalue weighted by atomic mass is 31.2. The highest BCUT2D eigenvalue weighted by molar-refractivity contribution is 7.49. The minimum atomic E-state index is -4.23. The van der Waals surface area contributed by atoms with Crippen LogP contribution in [0.3, 0.4) is 0 Å². The molecular weight excluding hydrogens is 675 g/mol. The van der Waals surface area contributed by atoms with Gasteiger partial charge in [0.2, 0.25) is 0 Å². The molecule has 52 heavy (non-hydrogen) atoms. The molecule has 0 aliphatic rings. The third kappa shape index (κ3) is 24.4. The zero-order valence-corrected chi connectivity index (χ0v) is 33.3. The van der Waals surface area contributed by atoms with Crippen LogP contribution in [0.4, 0.5) is 0 Å². The molecule has 0 saturated heterocycles. The smallest absolute Gasteiger partial charge is 0.462 e. The van der Waals surface area contributed by atoms with E-state index in [1.54, 1.807) is 48.5 Å². The van der Waals surface area contributed by atoms with Crippen molar-refractivity contribution in [1.29, 1.82) is 0 Å². The maximum absolute atomic E-state index is 13.9. The van der Waals surface area contributed by atoms with Crippen LogP contribution < -0.4 is 9.05 Å². The van der Waals surface area contributed by atoms with Gasteiger partial charge in [-0.2, -0.15) is 0 Å². The van der Waals surface area contributed by atoms with E-state index in [0.717, 1.165) is 32.1 Å². The molecule has 0 N–H and O–H groups in total. The Hall–Kier alpha value is -2.83. The van der Waals surface area contributed by atoms with Crippen LogP contribution >= 0.6 is 7.82 Å². The first-order valence-corrected chi connectivity index (χ1v) is 22.0. The summed E-state index contributed by atoms with van der Waals surface area (Å²) in [4.78, 5) is 25.6. The van der Waals surface area contributed by atoms with Crippen LogP contribution in [0.2, 0.25) is 0 Å². The molecule has 2 aromatic rings. The maximum atomic E-state index is 13.9. The zero-order chi connectivity index (χ0) is 37.4. The molecular formula is C43H69O8P. The van der Waals surface area contributed by atoms with Crippen LogP contribution in [0.25, 0.3) is 0 Å². The van der Waals surface area contributed by atoms with Crippen molar-refractivity contribution in [2.24, 2.45) is 0 Å². The van der Waals surface area contributed by atoms with Crippen LogP contribution in [0.1, 0.15) is 168 Å².